The SMILES string of the molecule is CC(N)c1ccc([N+](=O)[O-])cc1.Cl. The van der Waals surface area contributed by atoms with Gasteiger partial charge < -0.3 is 5.73 Å². The molecule has 2 N–H and O–H groups in total. The Balaban J connectivity index is 0.00000144. The van der Waals surface area contributed by atoms with Gasteiger partial charge in [0, 0.05) is 18.2 Å². The molecule has 0 aliphatic rings. The molecule has 0 aromatic heterocycles. The van der Waals surface area contributed by atoms with E-state index >= 15 is 0 Å². The summed E-state index contributed by atoms with van der Waals surface area (Å²) in [6.45, 7) is 1.83. The summed E-state index contributed by atoms with van der Waals surface area (Å²) < 4.78 is 0. The molecule has 0 spiro atoms. The first-order valence-electron chi connectivity index (χ1n) is 3.61. The molecule has 0 amide bonds. The summed E-state index contributed by atoms with van der Waals surface area (Å²) in [5.74, 6) is 0. The summed E-state index contributed by atoms with van der Waals surface area (Å²) in [4.78, 5) is 9.83. The number of halogens is 1. The molecule has 1 aromatic rings. The van der Waals surface area contributed by atoms with Crippen LogP contribution in [0.3, 0.4) is 0 Å². The van der Waals surface area contributed by atoms with E-state index in [2.05, 4.69) is 0 Å². The minimum Gasteiger partial charge on any atom is -0.324 e. The highest BCUT2D eigenvalue weighted by Crippen LogP contribution is 2.15. The minimum absolute atomic E-state index is 0. The van der Waals surface area contributed by atoms with Crippen molar-refractivity contribution in [2.45, 2.75) is 13.0 Å². The number of hydrogen-bond donors (Lipinski definition) is 1. The minimum atomic E-state index is -0.426. The highest BCUT2D eigenvalue weighted by atomic mass is 35.5. The van der Waals surface area contributed by atoms with E-state index in [9.17, 15) is 10.1 Å². The van der Waals surface area contributed by atoms with Crippen LogP contribution in [-0.4, -0.2) is 4.92 Å². The van der Waals surface area contributed by atoms with Gasteiger partial charge in [-0.2, -0.15) is 0 Å². The Kier molecular flexibility index (Phi) is 4.37. The standard InChI is InChI=1S/C8H10N2O2.ClH/c1-6(9)7-2-4-8(5-3-7)10(11)12;/h2-6H,9H2,1H3;1H. The van der Waals surface area contributed by atoms with Crippen LogP contribution in [0.5, 0.6) is 0 Å². The second-order valence-corrected chi connectivity index (χ2v) is 2.64. The van der Waals surface area contributed by atoms with Crippen LogP contribution in [0.25, 0.3) is 0 Å². The fraction of sp³-hybridized carbons (Fsp3) is 0.250. The first kappa shape index (κ1) is 11.9. The van der Waals surface area contributed by atoms with Crippen molar-refractivity contribution in [2.24, 2.45) is 5.73 Å². The Bertz CT molecular complexity index is 285. The Labute approximate surface area is 82.3 Å². The molecule has 0 aliphatic carbocycles. The van der Waals surface area contributed by atoms with Gasteiger partial charge in [0.2, 0.25) is 0 Å². The van der Waals surface area contributed by atoms with Gasteiger partial charge in [-0.3, -0.25) is 10.1 Å². The van der Waals surface area contributed by atoms with Gasteiger partial charge in [0.05, 0.1) is 4.92 Å². The van der Waals surface area contributed by atoms with Crippen LogP contribution in [0.15, 0.2) is 24.3 Å². The second-order valence-electron chi connectivity index (χ2n) is 2.64. The smallest absolute Gasteiger partial charge is 0.269 e. The lowest BCUT2D eigenvalue weighted by Crippen LogP contribution is -2.04. The molecule has 1 unspecified atom stereocenters. The van der Waals surface area contributed by atoms with Crippen molar-refractivity contribution in [3.05, 3.63) is 39.9 Å². The molecule has 13 heavy (non-hydrogen) atoms. The van der Waals surface area contributed by atoms with Gasteiger partial charge in [-0.1, -0.05) is 12.1 Å². The van der Waals surface area contributed by atoms with E-state index in [4.69, 9.17) is 5.73 Å². The van der Waals surface area contributed by atoms with Crippen LogP contribution < -0.4 is 5.73 Å². The third-order valence-corrected chi connectivity index (χ3v) is 1.63. The van der Waals surface area contributed by atoms with Crippen molar-refractivity contribution in [3.63, 3.8) is 0 Å². The van der Waals surface area contributed by atoms with Gasteiger partial charge in [0.1, 0.15) is 0 Å². The van der Waals surface area contributed by atoms with Gasteiger partial charge in [-0.15, -0.1) is 12.4 Å². The fourth-order valence-corrected chi connectivity index (χ4v) is 0.900. The van der Waals surface area contributed by atoms with Gasteiger partial charge in [-0.25, -0.2) is 0 Å². The normalized spacial score (nSPS) is 11.5. The molecule has 0 radical (unpaired) electrons. The zero-order chi connectivity index (χ0) is 9.14. The number of hydrogen-bond acceptors (Lipinski definition) is 3. The molecule has 4 nitrogen and oxygen atoms in total. The summed E-state index contributed by atoms with van der Waals surface area (Å²) in [5.41, 5.74) is 6.57. The van der Waals surface area contributed by atoms with Crippen LogP contribution in [0.1, 0.15) is 18.5 Å². The predicted octanol–water partition coefficient (Wildman–Crippen LogP) is 2.04. The van der Waals surface area contributed by atoms with Crippen molar-refractivity contribution in [1.82, 2.24) is 0 Å². The number of nitro benzene ring substituents is 1. The fourth-order valence-electron chi connectivity index (χ4n) is 0.900. The number of benzene rings is 1. The molecule has 0 aliphatic heterocycles. The summed E-state index contributed by atoms with van der Waals surface area (Å²) in [5, 5.41) is 10.3. The molecule has 1 atom stereocenters. The Hall–Kier alpha value is -1.13. The number of nitrogens with zero attached hydrogens (tertiary/aromatic N) is 1. The Morgan fingerprint density at radius 3 is 2.15 bits per heavy atom. The first-order chi connectivity index (χ1) is 5.61. The van der Waals surface area contributed by atoms with Crippen LogP contribution in [-0.2, 0) is 0 Å². The lowest BCUT2D eigenvalue weighted by Gasteiger charge is -2.03. The van der Waals surface area contributed by atoms with Crippen molar-refractivity contribution in [3.8, 4) is 0 Å². The molecule has 0 saturated carbocycles. The molecular weight excluding hydrogens is 192 g/mol. The van der Waals surface area contributed by atoms with Crippen LogP contribution in [0, 0.1) is 10.1 Å². The number of non-ortho nitro benzene ring substituents is 1. The molecule has 1 rings (SSSR count). The lowest BCUT2D eigenvalue weighted by atomic mass is 10.1. The van der Waals surface area contributed by atoms with E-state index < -0.39 is 4.92 Å². The topological polar surface area (TPSA) is 69.2 Å². The summed E-state index contributed by atoms with van der Waals surface area (Å²) in [6, 6.07) is 6.18. The van der Waals surface area contributed by atoms with E-state index in [1.54, 1.807) is 12.1 Å². The zero-order valence-corrected chi connectivity index (χ0v) is 7.95. The number of nitro groups is 1. The maximum Gasteiger partial charge on any atom is 0.269 e. The maximum atomic E-state index is 10.3. The lowest BCUT2D eigenvalue weighted by molar-refractivity contribution is -0.384. The Morgan fingerprint density at radius 1 is 1.38 bits per heavy atom. The van der Waals surface area contributed by atoms with E-state index in [-0.39, 0.29) is 24.1 Å². The molecule has 72 valence electrons. The number of nitrogens with two attached hydrogens (primary N) is 1. The largest absolute Gasteiger partial charge is 0.324 e. The third-order valence-electron chi connectivity index (χ3n) is 1.63. The van der Waals surface area contributed by atoms with Gasteiger partial charge in [0.15, 0.2) is 0 Å². The van der Waals surface area contributed by atoms with Crippen LogP contribution in [0.4, 0.5) is 5.69 Å². The van der Waals surface area contributed by atoms with E-state index in [0.29, 0.717) is 0 Å². The van der Waals surface area contributed by atoms with E-state index in [0.717, 1.165) is 5.56 Å². The first-order valence-corrected chi connectivity index (χ1v) is 3.61. The predicted molar refractivity (Wildman–Crippen MR) is 52.9 cm³/mol. The summed E-state index contributed by atoms with van der Waals surface area (Å²) in [6.07, 6.45) is 0. The highest BCUT2D eigenvalue weighted by molar-refractivity contribution is 5.85. The maximum absolute atomic E-state index is 10.3. The quantitative estimate of drug-likeness (QED) is 0.589. The van der Waals surface area contributed by atoms with Gasteiger partial charge in [0.25, 0.3) is 5.69 Å². The molecule has 0 saturated heterocycles. The van der Waals surface area contributed by atoms with Gasteiger partial charge >= 0.3 is 0 Å². The summed E-state index contributed by atoms with van der Waals surface area (Å²) in [7, 11) is 0. The highest BCUT2D eigenvalue weighted by Gasteiger charge is 2.05. The van der Waals surface area contributed by atoms with Gasteiger partial charge in [-0.05, 0) is 12.5 Å². The molecule has 0 fully saturated rings. The third kappa shape index (κ3) is 3.01. The van der Waals surface area contributed by atoms with Crippen LogP contribution >= 0.6 is 12.4 Å². The van der Waals surface area contributed by atoms with Crippen molar-refractivity contribution >= 4 is 18.1 Å². The summed E-state index contributed by atoms with van der Waals surface area (Å²) >= 11 is 0. The van der Waals surface area contributed by atoms with E-state index in [1.807, 2.05) is 6.92 Å². The molecule has 0 heterocycles. The van der Waals surface area contributed by atoms with Crippen LogP contribution in [0.2, 0.25) is 0 Å². The average molecular weight is 203 g/mol. The van der Waals surface area contributed by atoms with Crippen molar-refractivity contribution in [2.75, 3.05) is 0 Å². The van der Waals surface area contributed by atoms with E-state index in [1.165, 1.54) is 12.1 Å². The molecule has 5 heteroatoms. The monoisotopic (exact) mass is 202 g/mol. The Morgan fingerprint density at radius 2 is 1.85 bits per heavy atom. The zero-order valence-electron chi connectivity index (χ0n) is 7.14. The molecule has 0 bridgehead atoms. The number of rotatable bonds is 2. The second kappa shape index (κ2) is 4.79. The molecule has 1 aromatic carbocycles. The average Bonchev–Trinajstić information content (AvgIpc) is 2.04. The molecular formula is C8H11ClN2O2. The van der Waals surface area contributed by atoms with Crippen molar-refractivity contribution < 1.29 is 4.92 Å². The van der Waals surface area contributed by atoms with Crippen molar-refractivity contribution in [1.29, 1.82) is 0 Å².